The summed E-state index contributed by atoms with van der Waals surface area (Å²) in [6.07, 6.45) is -3.57. The smallest absolute Gasteiger partial charge is 0.417 e. The van der Waals surface area contributed by atoms with Gasteiger partial charge in [0.1, 0.15) is 5.60 Å². The number of piperidine rings is 1. The van der Waals surface area contributed by atoms with Crippen molar-refractivity contribution in [3.05, 3.63) is 70.8 Å². The van der Waals surface area contributed by atoms with Crippen LogP contribution >= 0.6 is 0 Å². The average molecular weight is 361 g/mol. The number of alkyl halides is 3. The molecule has 0 amide bonds. The number of hydrogen-bond donors (Lipinski definition) is 0. The van der Waals surface area contributed by atoms with Crippen molar-refractivity contribution in [3.63, 3.8) is 0 Å². The van der Waals surface area contributed by atoms with Crippen LogP contribution in [0.3, 0.4) is 0 Å². The molecule has 6 heteroatoms. The first-order chi connectivity index (χ1) is 12.4. The van der Waals surface area contributed by atoms with Gasteiger partial charge in [-0.25, -0.2) is 4.79 Å². The quantitative estimate of drug-likeness (QED) is 0.744. The molecule has 1 spiro atoms. The van der Waals surface area contributed by atoms with Crippen LogP contribution in [0.25, 0.3) is 0 Å². The lowest BCUT2D eigenvalue weighted by molar-refractivity contribution is -0.138. The van der Waals surface area contributed by atoms with Gasteiger partial charge in [-0.15, -0.1) is 0 Å². The van der Waals surface area contributed by atoms with E-state index in [1.165, 1.54) is 11.6 Å². The van der Waals surface area contributed by atoms with Crippen molar-refractivity contribution in [2.75, 3.05) is 13.1 Å². The molecule has 2 aromatic carbocycles. The van der Waals surface area contributed by atoms with Gasteiger partial charge in [0.15, 0.2) is 0 Å². The largest absolute Gasteiger partial charge is 0.450 e. The number of esters is 1. The summed E-state index contributed by atoms with van der Waals surface area (Å²) in [5.74, 6) is -0.857. The molecule has 4 rings (SSSR count). The number of benzene rings is 2. The predicted molar refractivity (Wildman–Crippen MR) is 89.5 cm³/mol. The third kappa shape index (κ3) is 2.88. The lowest BCUT2D eigenvalue weighted by Gasteiger charge is -2.38. The molecular formula is C20H18F3NO2. The molecule has 26 heavy (non-hydrogen) atoms. The zero-order valence-corrected chi connectivity index (χ0v) is 14.1. The fraction of sp³-hybridized carbons (Fsp3) is 0.350. The number of likely N-dealkylation sites (tertiary alicyclic amines) is 1. The van der Waals surface area contributed by atoms with Gasteiger partial charge in [0.25, 0.3) is 0 Å². The van der Waals surface area contributed by atoms with Crippen LogP contribution < -0.4 is 0 Å². The van der Waals surface area contributed by atoms with Crippen molar-refractivity contribution in [2.45, 2.75) is 31.2 Å². The summed E-state index contributed by atoms with van der Waals surface area (Å²) < 4.78 is 45.3. The second-order valence-corrected chi connectivity index (χ2v) is 6.87. The maximum absolute atomic E-state index is 13.3. The first kappa shape index (κ1) is 17.1. The number of rotatable bonds is 2. The van der Waals surface area contributed by atoms with Crippen LogP contribution in [0.1, 0.15) is 39.9 Å². The zero-order chi connectivity index (χ0) is 18.4. The van der Waals surface area contributed by atoms with Crippen molar-refractivity contribution in [1.29, 1.82) is 0 Å². The van der Waals surface area contributed by atoms with Gasteiger partial charge < -0.3 is 4.74 Å². The number of fused-ring (bicyclic) bond motifs is 2. The van der Waals surface area contributed by atoms with E-state index in [2.05, 4.69) is 4.90 Å². The summed E-state index contributed by atoms with van der Waals surface area (Å²) in [6.45, 7) is 2.11. The van der Waals surface area contributed by atoms with Crippen molar-refractivity contribution in [2.24, 2.45) is 0 Å². The van der Waals surface area contributed by atoms with E-state index in [0.717, 1.165) is 12.6 Å². The monoisotopic (exact) mass is 361 g/mol. The van der Waals surface area contributed by atoms with Crippen LogP contribution in [0, 0.1) is 0 Å². The molecule has 2 aliphatic heterocycles. The van der Waals surface area contributed by atoms with E-state index in [0.29, 0.717) is 31.5 Å². The number of ether oxygens (including phenoxy) is 1. The highest BCUT2D eigenvalue weighted by molar-refractivity contribution is 5.96. The highest BCUT2D eigenvalue weighted by Crippen LogP contribution is 2.47. The zero-order valence-electron chi connectivity index (χ0n) is 14.1. The van der Waals surface area contributed by atoms with Crippen LogP contribution in [-0.2, 0) is 23.1 Å². The molecule has 0 atom stereocenters. The van der Waals surface area contributed by atoms with E-state index in [1.807, 2.05) is 30.3 Å². The minimum Gasteiger partial charge on any atom is -0.450 e. The Balaban J connectivity index is 1.57. The Kier molecular flexibility index (Phi) is 4.03. The minimum atomic E-state index is -4.57. The summed E-state index contributed by atoms with van der Waals surface area (Å²) in [5.41, 5.74) is -0.565. The van der Waals surface area contributed by atoms with Gasteiger partial charge >= 0.3 is 12.1 Å². The van der Waals surface area contributed by atoms with Crippen molar-refractivity contribution >= 4 is 5.97 Å². The average Bonchev–Trinajstić information content (AvgIpc) is 2.89. The molecule has 0 radical (unpaired) electrons. The molecule has 1 saturated heterocycles. The van der Waals surface area contributed by atoms with Crippen LogP contribution in [0.5, 0.6) is 0 Å². The molecule has 2 aliphatic rings. The second kappa shape index (κ2) is 6.13. The van der Waals surface area contributed by atoms with Gasteiger partial charge in [-0.1, -0.05) is 42.5 Å². The molecule has 2 heterocycles. The summed E-state index contributed by atoms with van der Waals surface area (Å²) in [6, 6.07) is 13.9. The van der Waals surface area contributed by atoms with Crippen molar-refractivity contribution < 1.29 is 22.7 Å². The Morgan fingerprint density at radius 2 is 1.69 bits per heavy atom. The maximum Gasteiger partial charge on any atom is 0.417 e. The summed E-state index contributed by atoms with van der Waals surface area (Å²) in [5, 5.41) is 0. The Morgan fingerprint density at radius 3 is 2.35 bits per heavy atom. The molecule has 136 valence electrons. The predicted octanol–water partition coefficient (Wildman–Crippen LogP) is 4.37. The summed E-state index contributed by atoms with van der Waals surface area (Å²) >= 11 is 0. The molecule has 0 bridgehead atoms. The van der Waals surface area contributed by atoms with Crippen LogP contribution in [0.2, 0.25) is 0 Å². The van der Waals surface area contributed by atoms with E-state index in [9.17, 15) is 18.0 Å². The molecule has 0 saturated carbocycles. The van der Waals surface area contributed by atoms with E-state index in [-0.39, 0.29) is 5.56 Å². The van der Waals surface area contributed by atoms with Crippen molar-refractivity contribution in [3.8, 4) is 0 Å². The number of hydrogen-bond acceptors (Lipinski definition) is 3. The van der Waals surface area contributed by atoms with E-state index >= 15 is 0 Å². The van der Waals surface area contributed by atoms with Gasteiger partial charge in [0, 0.05) is 38.0 Å². The molecule has 2 aromatic rings. The number of carbonyl (C=O) groups is 1. The van der Waals surface area contributed by atoms with Gasteiger partial charge in [-0.05, 0) is 11.6 Å². The fourth-order valence-electron chi connectivity index (χ4n) is 3.96. The molecule has 0 unspecified atom stereocenters. The third-order valence-electron chi connectivity index (χ3n) is 5.27. The third-order valence-corrected chi connectivity index (χ3v) is 5.27. The SMILES string of the molecule is O=C1OC2(CCN(Cc3ccccc3)CC2)c2cccc(C(F)(F)F)c21. The standard InChI is InChI=1S/C20H18F3NO2/c21-20(22,23)16-8-4-7-15-17(16)18(25)26-19(15)9-11-24(12-10-19)13-14-5-2-1-3-6-14/h1-8H,9-13H2. The molecule has 0 aromatic heterocycles. The highest BCUT2D eigenvalue weighted by atomic mass is 19.4. The van der Waals surface area contributed by atoms with Crippen molar-refractivity contribution in [1.82, 2.24) is 4.90 Å². The Labute approximate surface area is 149 Å². The van der Waals surface area contributed by atoms with E-state index < -0.39 is 23.3 Å². The number of carbonyl (C=O) groups excluding carboxylic acids is 1. The topological polar surface area (TPSA) is 29.5 Å². The summed E-state index contributed by atoms with van der Waals surface area (Å²) in [4.78, 5) is 14.5. The van der Waals surface area contributed by atoms with Crippen LogP contribution in [0.15, 0.2) is 48.5 Å². The normalized spacial score (nSPS) is 19.4. The summed E-state index contributed by atoms with van der Waals surface area (Å²) in [7, 11) is 0. The molecule has 0 aliphatic carbocycles. The number of nitrogens with zero attached hydrogens (tertiary/aromatic N) is 1. The Bertz CT molecular complexity index is 825. The van der Waals surface area contributed by atoms with Gasteiger partial charge in [-0.2, -0.15) is 13.2 Å². The Hall–Kier alpha value is -2.34. The minimum absolute atomic E-state index is 0.309. The highest BCUT2D eigenvalue weighted by Gasteiger charge is 2.51. The number of halogens is 3. The first-order valence-electron chi connectivity index (χ1n) is 8.59. The van der Waals surface area contributed by atoms with Gasteiger partial charge in [-0.3, -0.25) is 4.90 Å². The molecule has 0 N–H and O–H groups in total. The lowest BCUT2D eigenvalue weighted by Crippen LogP contribution is -2.42. The van der Waals surface area contributed by atoms with Crippen LogP contribution in [0.4, 0.5) is 13.2 Å². The van der Waals surface area contributed by atoms with Gasteiger partial charge in [0.2, 0.25) is 0 Å². The molecule has 3 nitrogen and oxygen atoms in total. The molecular weight excluding hydrogens is 343 g/mol. The lowest BCUT2D eigenvalue weighted by atomic mass is 9.82. The Morgan fingerprint density at radius 1 is 1.00 bits per heavy atom. The van der Waals surface area contributed by atoms with Crippen LogP contribution in [-0.4, -0.2) is 24.0 Å². The molecule has 1 fully saturated rings. The first-order valence-corrected chi connectivity index (χ1v) is 8.59. The van der Waals surface area contributed by atoms with E-state index in [4.69, 9.17) is 4.74 Å². The fourth-order valence-corrected chi connectivity index (χ4v) is 3.96. The second-order valence-electron chi connectivity index (χ2n) is 6.87. The maximum atomic E-state index is 13.3. The van der Waals surface area contributed by atoms with Gasteiger partial charge in [0.05, 0.1) is 11.1 Å². The van der Waals surface area contributed by atoms with E-state index in [1.54, 1.807) is 6.07 Å².